The van der Waals surface area contributed by atoms with E-state index in [1.165, 1.54) is 80.7 Å². The number of thiophene rings is 1. The normalized spacial score (nSPS) is 12.2. The molecule has 4 aromatic heterocycles. The Morgan fingerprint density at radius 1 is 0.365 bits per heavy atom. The molecule has 52 heavy (non-hydrogen) atoms. The zero-order chi connectivity index (χ0) is 33.9. The highest BCUT2D eigenvalue weighted by atomic mass is 32.1. The Balaban J connectivity index is 1.08. The average Bonchev–Trinajstić information content (AvgIpc) is 3.94. The molecule has 12 aromatic rings. The van der Waals surface area contributed by atoms with Gasteiger partial charge in [0, 0.05) is 63.9 Å². The molecule has 0 aliphatic rings. The molecule has 4 heterocycles. The lowest BCUT2D eigenvalue weighted by atomic mass is 10.0. The molecule has 0 N–H and O–H groups in total. The summed E-state index contributed by atoms with van der Waals surface area (Å²) in [6.45, 7) is 0. The predicted octanol–water partition coefficient (Wildman–Crippen LogP) is 13.8. The van der Waals surface area contributed by atoms with Crippen LogP contribution in [0, 0.1) is 0 Å². The Bertz CT molecular complexity index is 3410. The standard InChI is InChI=1S/C48H28N2OS/c1-2-10-31(11-3-1)49-41-16-8-5-14-38(41)47-42(49)24-23-37-33-12-4-7-15-40(33)50(48(37)47)32-20-22-36-39-26-29(19-25-45(39)52-46(36)28-32)30-18-21-35-34-13-6-9-17-43(34)51-44(35)27-30/h1-28H. The highest BCUT2D eigenvalue weighted by Gasteiger charge is 2.21. The lowest BCUT2D eigenvalue weighted by Gasteiger charge is -2.10. The minimum absolute atomic E-state index is 0.922. The van der Waals surface area contributed by atoms with E-state index >= 15 is 0 Å². The van der Waals surface area contributed by atoms with Gasteiger partial charge in [-0.1, -0.05) is 97.1 Å². The molecule has 0 saturated heterocycles. The largest absolute Gasteiger partial charge is 0.456 e. The van der Waals surface area contributed by atoms with Crippen LogP contribution >= 0.6 is 11.3 Å². The Hall–Kier alpha value is -6.62. The van der Waals surface area contributed by atoms with Gasteiger partial charge in [0.2, 0.25) is 0 Å². The van der Waals surface area contributed by atoms with E-state index in [1.54, 1.807) is 0 Å². The van der Waals surface area contributed by atoms with E-state index in [-0.39, 0.29) is 0 Å². The fraction of sp³-hybridized carbons (Fsp3) is 0. The number of fused-ring (bicyclic) bond motifs is 13. The van der Waals surface area contributed by atoms with Crippen LogP contribution in [0.5, 0.6) is 0 Å². The first-order valence-electron chi connectivity index (χ1n) is 17.7. The summed E-state index contributed by atoms with van der Waals surface area (Å²) in [5.74, 6) is 0. The third-order valence-electron chi connectivity index (χ3n) is 10.9. The molecule has 0 saturated carbocycles. The van der Waals surface area contributed by atoms with Crippen molar-refractivity contribution in [1.29, 1.82) is 0 Å². The van der Waals surface area contributed by atoms with E-state index in [0.717, 1.165) is 27.5 Å². The second-order valence-corrected chi connectivity index (χ2v) is 14.8. The minimum atomic E-state index is 0.922. The molecule has 8 aromatic carbocycles. The van der Waals surface area contributed by atoms with E-state index < -0.39 is 0 Å². The summed E-state index contributed by atoms with van der Waals surface area (Å²) in [6.07, 6.45) is 0. The molecule has 0 radical (unpaired) electrons. The van der Waals surface area contributed by atoms with E-state index in [9.17, 15) is 0 Å². The van der Waals surface area contributed by atoms with Crippen LogP contribution in [-0.2, 0) is 0 Å². The van der Waals surface area contributed by atoms with Crippen molar-refractivity contribution in [2.24, 2.45) is 0 Å². The Morgan fingerprint density at radius 3 is 1.92 bits per heavy atom. The third kappa shape index (κ3) is 3.84. The third-order valence-corrected chi connectivity index (χ3v) is 12.0. The summed E-state index contributed by atoms with van der Waals surface area (Å²) in [5.41, 5.74) is 11.4. The zero-order valence-electron chi connectivity index (χ0n) is 27.9. The molecule has 0 atom stereocenters. The van der Waals surface area contributed by atoms with Gasteiger partial charge in [-0.2, -0.15) is 0 Å². The number of hydrogen-bond donors (Lipinski definition) is 0. The quantitative estimate of drug-likeness (QED) is 0.182. The summed E-state index contributed by atoms with van der Waals surface area (Å²) < 4.78 is 13.7. The van der Waals surface area contributed by atoms with Gasteiger partial charge in [-0.25, -0.2) is 0 Å². The molecule has 12 rings (SSSR count). The van der Waals surface area contributed by atoms with Gasteiger partial charge in [0.25, 0.3) is 0 Å². The summed E-state index contributed by atoms with van der Waals surface area (Å²) in [5, 5.41) is 9.93. The Labute approximate surface area is 301 Å². The number of hydrogen-bond acceptors (Lipinski definition) is 2. The number of furan rings is 1. The Kier molecular flexibility index (Phi) is 5.65. The molecule has 0 fully saturated rings. The summed E-state index contributed by atoms with van der Waals surface area (Å²) in [7, 11) is 0. The van der Waals surface area contributed by atoms with Crippen molar-refractivity contribution in [1.82, 2.24) is 9.13 Å². The first-order chi connectivity index (χ1) is 25.8. The number of nitrogens with zero attached hydrogens (tertiary/aromatic N) is 2. The topological polar surface area (TPSA) is 23.0 Å². The van der Waals surface area contributed by atoms with Crippen molar-refractivity contribution in [3.8, 4) is 22.5 Å². The lowest BCUT2D eigenvalue weighted by molar-refractivity contribution is 0.669. The van der Waals surface area contributed by atoms with Crippen molar-refractivity contribution in [2.45, 2.75) is 0 Å². The number of benzene rings is 8. The van der Waals surface area contributed by atoms with Crippen molar-refractivity contribution >= 4 is 97.1 Å². The van der Waals surface area contributed by atoms with Crippen molar-refractivity contribution < 1.29 is 4.42 Å². The fourth-order valence-corrected chi connectivity index (χ4v) is 9.74. The second kappa shape index (κ2) is 10.5. The van der Waals surface area contributed by atoms with Crippen molar-refractivity contribution in [3.05, 3.63) is 170 Å². The highest BCUT2D eigenvalue weighted by molar-refractivity contribution is 7.25. The first kappa shape index (κ1) is 28.1. The molecule has 0 amide bonds. The van der Waals surface area contributed by atoms with Gasteiger partial charge in [-0.3, -0.25) is 0 Å². The van der Waals surface area contributed by atoms with Crippen LogP contribution in [0.15, 0.2) is 174 Å². The van der Waals surface area contributed by atoms with Crippen LogP contribution in [0.4, 0.5) is 0 Å². The van der Waals surface area contributed by atoms with Gasteiger partial charge in [-0.05, 0) is 83.9 Å². The molecule has 0 aliphatic carbocycles. The van der Waals surface area contributed by atoms with Crippen LogP contribution in [-0.4, -0.2) is 9.13 Å². The maximum Gasteiger partial charge on any atom is 0.136 e. The summed E-state index contributed by atoms with van der Waals surface area (Å²) in [6, 6.07) is 61.7. The van der Waals surface area contributed by atoms with E-state index in [0.29, 0.717) is 0 Å². The van der Waals surface area contributed by atoms with Crippen LogP contribution in [0.2, 0.25) is 0 Å². The molecule has 4 heteroatoms. The number of aromatic nitrogens is 2. The van der Waals surface area contributed by atoms with Crippen molar-refractivity contribution in [2.75, 3.05) is 0 Å². The predicted molar refractivity (Wildman–Crippen MR) is 221 cm³/mol. The molecule has 0 bridgehead atoms. The maximum atomic E-state index is 6.24. The van der Waals surface area contributed by atoms with Gasteiger partial charge >= 0.3 is 0 Å². The number of para-hydroxylation sites is 4. The van der Waals surface area contributed by atoms with Crippen molar-refractivity contribution in [3.63, 3.8) is 0 Å². The van der Waals surface area contributed by atoms with E-state index in [2.05, 4.69) is 167 Å². The van der Waals surface area contributed by atoms with Crippen LogP contribution in [0.25, 0.3) is 108 Å². The summed E-state index contributed by atoms with van der Waals surface area (Å²) in [4.78, 5) is 0. The monoisotopic (exact) mass is 680 g/mol. The van der Waals surface area contributed by atoms with Gasteiger partial charge in [0.05, 0.1) is 22.1 Å². The molecule has 242 valence electrons. The number of rotatable bonds is 3. The minimum Gasteiger partial charge on any atom is -0.456 e. The molecular weight excluding hydrogens is 653 g/mol. The van der Waals surface area contributed by atoms with Gasteiger partial charge in [0.1, 0.15) is 11.2 Å². The second-order valence-electron chi connectivity index (χ2n) is 13.7. The van der Waals surface area contributed by atoms with Gasteiger partial charge < -0.3 is 13.6 Å². The van der Waals surface area contributed by atoms with E-state index in [1.807, 2.05) is 23.5 Å². The zero-order valence-corrected chi connectivity index (χ0v) is 28.7. The van der Waals surface area contributed by atoms with Gasteiger partial charge in [-0.15, -0.1) is 11.3 Å². The highest BCUT2D eigenvalue weighted by Crippen LogP contribution is 2.44. The molecule has 0 aliphatic heterocycles. The van der Waals surface area contributed by atoms with Crippen LogP contribution in [0.3, 0.4) is 0 Å². The molecule has 0 unspecified atom stereocenters. The Morgan fingerprint density at radius 2 is 1.04 bits per heavy atom. The van der Waals surface area contributed by atoms with Gasteiger partial charge in [0.15, 0.2) is 0 Å². The first-order valence-corrected chi connectivity index (χ1v) is 18.5. The summed E-state index contributed by atoms with van der Waals surface area (Å²) >= 11 is 1.86. The molecule has 3 nitrogen and oxygen atoms in total. The van der Waals surface area contributed by atoms with Crippen LogP contribution in [0.1, 0.15) is 0 Å². The molecule has 0 spiro atoms. The average molecular weight is 681 g/mol. The maximum absolute atomic E-state index is 6.24. The fourth-order valence-electron chi connectivity index (χ4n) is 8.62. The SMILES string of the molecule is c1ccc(-n2c3ccccc3c3c2ccc2c4ccccc4n(-c4ccc5c(c4)sc4ccc(-c6ccc7c(c6)oc6ccccc67)cc45)c23)cc1. The smallest absolute Gasteiger partial charge is 0.136 e. The van der Waals surface area contributed by atoms with E-state index in [4.69, 9.17) is 4.42 Å². The lowest BCUT2D eigenvalue weighted by Crippen LogP contribution is -1.95. The van der Waals surface area contributed by atoms with Crippen LogP contribution < -0.4 is 0 Å². The molecular formula is C48H28N2OS.